The van der Waals surface area contributed by atoms with Crippen molar-refractivity contribution < 1.29 is 58.4 Å². The molecule has 1 aromatic carbocycles. The van der Waals surface area contributed by atoms with E-state index >= 15 is 0 Å². The van der Waals surface area contributed by atoms with E-state index in [-0.39, 0.29) is 62.4 Å². The van der Waals surface area contributed by atoms with Crippen LogP contribution < -0.4 is 29.1 Å². The van der Waals surface area contributed by atoms with Crippen LogP contribution in [-0.4, -0.2) is 75.7 Å². The summed E-state index contributed by atoms with van der Waals surface area (Å²) in [5.74, 6) is -1.98. The van der Waals surface area contributed by atoms with E-state index in [0.717, 1.165) is 6.07 Å². The zero-order chi connectivity index (χ0) is 25.8. The van der Waals surface area contributed by atoms with Crippen molar-refractivity contribution in [1.82, 2.24) is 20.4 Å². The Bertz CT molecular complexity index is 1080. The maximum absolute atomic E-state index is 13.3. The van der Waals surface area contributed by atoms with Gasteiger partial charge in [0, 0.05) is 26.2 Å². The molecule has 2 amide bonds. The van der Waals surface area contributed by atoms with Gasteiger partial charge in [-0.15, -0.1) is 10.2 Å². The summed E-state index contributed by atoms with van der Waals surface area (Å²) >= 11 is 0. The van der Waals surface area contributed by atoms with Crippen molar-refractivity contribution in [2.24, 2.45) is 5.92 Å². The molecule has 2 heterocycles. The zero-order valence-electron chi connectivity index (χ0n) is 21.7. The molecule has 0 saturated carbocycles. The molecule has 0 spiro atoms. The van der Waals surface area contributed by atoms with E-state index in [9.17, 15) is 32.7 Å². The zero-order valence-corrected chi connectivity index (χ0v) is 20.7. The molecule has 0 aliphatic carbocycles. The molecule has 1 unspecified atom stereocenters. The third kappa shape index (κ3) is 8.18. The van der Waals surface area contributed by atoms with Crippen LogP contribution in [0.5, 0.6) is 0 Å². The Morgan fingerprint density at radius 3 is 2.19 bits per heavy atom. The molecular formula is C23H29F3LiN5O5. The minimum absolute atomic E-state index is 0. The molecule has 10 nitrogen and oxygen atoms in total. The number of halogens is 3. The van der Waals surface area contributed by atoms with Gasteiger partial charge in [0.15, 0.2) is 11.5 Å². The maximum atomic E-state index is 13.3. The van der Waals surface area contributed by atoms with Crippen LogP contribution in [0, 0.1) is 5.92 Å². The first kappa shape index (κ1) is 31.9. The van der Waals surface area contributed by atoms with Crippen molar-refractivity contribution in [3.05, 3.63) is 53.2 Å². The first-order chi connectivity index (χ1) is 16.5. The molecule has 2 aromatic rings. The summed E-state index contributed by atoms with van der Waals surface area (Å²) in [4.78, 5) is 39.6. The third-order valence-corrected chi connectivity index (χ3v) is 5.55. The smallest absolute Gasteiger partial charge is 1.00 e. The predicted octanol–water partition coefficient (Wildman–Crippen LogP) is -1.02. The van der Waals surface area contributed by atoms with E-state index in [1.54, 1.807) is 11.0 Å². The number of amides is 2. The summed E-state index contributed by atoms with van der Waals surface area (Å²) in [7, 11) is 0. The van der Waals surface area contributed by atoms with Crippen molar-refractivity contribution in [3.63, 3.8) is 0 Å². The van der Waals surface area contributed by atoms with Crippen LogP contribution in [-0.2, 0) is 11.0 Å². The van der Waals surface area contributed by atoms with E-state index in [4.69, 9.17) is 0 Å². The monoisotopic (exact) mass is 519 g/mol. The fourth-order valence-corrected chi connectivity index (χ4v) is 3.77. The van der Waals surface area contributed by atoms with E-state index in [1.165, 1.54) is 29.2 Å². The Morgan fingerprint density at radius 2 is 1.68 bits per heavy atom. The molecule has 1 aliphatic heterocycles. The van der Waals surface area contributed by atoms with Crippen LogP contribution >= 0.6 is 0 Å². The molecule has 0 bridgehead atoms. The number of hydrogen-bond donors (Lipinski definition) is 2. The van der Waals surface area contributed by atoms with Gasteiger partial charge in [0.05, 0.1) is 11.1 Å². The van der Waals surface area contributed by atoms with Gasteiger partial charge >= 0.3 is 31.0 Å². The Labute approximate surface area is 225 Å². The second-order valence-corrected chi connectivity index (χ2v) is 8.59. The second-order valence-electron chi connectivity index (χ2n) is 8.59. The molecule has 1 saturated heterocycles. The van der Waals surface area contributed by atoms with Crippen LogP contribution in [0.1, 0.15) is 48.1 Å². The Morgan fingerprint density at radius 1 is 1.05 bits per heavy atom. The number of benzene rings is 1. The molecule has 198 valence electrons. The quantitative estimate of drug-likeness (QED) is 0.445. The Hall–Kier alpha value is -3.14. The first-order valence-corrected chi connectivity index (χ1v) is 11.0. The van der Waals surface area contributed by atoms with Crippen LogP contribution in [0.4, 0.5) is 19.0 Å². The fraction of sp³-hybridized carbons (Fsp3) is 0.435. The standard InChI is InChI=1S/C23H26F3N5O4.Li.H2O.H/c1-14(2)13-18(22(34)35)27-20(32)17-7-8-19(29-28-17)30-9-11-31(12-10-30)21(33)15-5-3-4-6-16(15)23(24,25)26;;;/h3-8,14,18H,9-13H2,1-2H3,(H,27,32)(H,34,35);;1H2;/q;+1;;-1. The predicted molar refractivity (Wildman–Crippen MR) is 125 cm³/mol. The minimum atomic E-state index is -4.63. The van der Waals surface area contributed by atoms with Gasteiger partial charge < -0.3 is 27.1 Å². The van der Waals surface area contributed by atoms with Crippen LogP contribution in [0.25, 0.3) is 0 Å². The average Bonchev–Trinajstić information content (AvgIpc) is 2.82. The summed E-state index contributed by atoms with van der Waals surface area (Å²) in [5.41, 5.74) is -1.40. The van der Waals surface area contributed by atoms with Gasteiger partial charge in [0.25, 0.3) is 11.8 Å². The van der Waals surface area contributed by atoms with Crippen molar-refractivity contribution in [2.45, 2.75) is 32.5 Å². The summed E-state index contributed by atoms with van der Waals surface area (Å²) in [6.45, 7) is 4.69. The summed E-state index contributed by atoms with van der Waals surface area (Å²) in [5, 5.41) is 19.6. The van der Waals surface area contributed by atoms with Crippen LogP contribution in [0.3, 0.4) is 0 Å². The molecule has 1 fully saturated rings. The number of carbonyl (C=O) groups excluding carboxylic acids is 2. The van der Waals surface area contributed by atoms with E-state index in [1.807, 2.05) is 13.8 Å². The third-order valence-electron chi connectivity index (χ3n) is 5.55. The van der Waals surface area contributed by atoms with Gasteiger partial charge in [-0.3, -0.25) is 9.59 Å². The number of carbonyl (C=O) groups is 3. The number of aliphatic carboxylic acids is 1. The van der Waals surface area contributed by atoms with Gasteiger partial charge in [0.2, 0.25) is 0 Å². The topological polar surface area (TPSA) is 147 Å². The van der Waals surface area contributed by atoms with Crippen LogP contribution in [0.2, 0.25) is 0 Å². The number of piperazine rings is 1. The molecule has 3 rings (SSSR count). The van der Waals surface area contributed by atoms with Crippen molar-refractivity contribution in [1.29, 1.82) is 0 Å². The van der Waals surface area contributed by atoms with E-state index < -0.39 is 35.6 Å². The fourth-order valence-electron chi connectivity index (χ4n) is 3.77. The van der Waals surface area contributed by atoms with Gasteiger partial charge in [-0.1, -0.05) is 26.0 Å². The first-order valence-electron chi connectivity index (χ1n) is 11.0. The molecule has 0 radical (unpaired) electrons. The average molecular weight is 519 g/mol. The minimum Gasteiger partial charge on any atom is -1.00 e. The molecule has 4 N–H and O–H groups in total. The number of rotatable bonds is 7. The Kier molecular flexibility index (Phi) is 11.6. The molecule has 1 aromatic heterocycles. The van der Waals surface area contributed by atoms with E-state index in [0.29, 0.717) is 18.9 Å². The largest absolute Gasteiger partial charge is 1.00 e. The second kappa shape index (κ2) is 13.4. The number of nitrogens with zero attached hydrogens (tertiary/aromatic N) is 4. The normalized spacial score (nSPS) is 14.3. The molecule has 14 heteroatoms. The summed E-state index contributed by atoms with van der Waals surface area (Å²) in [6, 6.07) is 6.62. The summed E-state index contributed by atoms with van der Waals surface area (Å²) in [6.07, 6.45) is -4.36. The van der Waals surface area contributed by atoms with Gasteiger partial charge in [-0.2, -0.15) is 13.2 Å². The molecule has 1 aliphatic rings. The number of nitrogens with one attached hydrogen (secondary N) is 1. The van der Waals surface area contributed by atoms with Gasteiger partial charge in [0.1, 0.15) is 6.04 Å². The maximum Gasteiger partial charge on any atom is 1.00 e. The van der Waals surface area contributed by atoms with Gasteiger partial charge in [-0.25, -0.2) is 4.79 Å². The van der Waals surface area contributed by atoms with Crippen molar-refractivity contribution >= 4 is 23.6 Å². The molecular weight excluding hydrogens is 490 g/mol. The molecule has 1 atom stereocenters. The number of carboxylic acid groups (broad SMARTS) is 1. The number of alkyl halides is 3. The number of aromatic nitrogens is 2. The Balaban J connectivity index is 0.00000456. The molecule has 37 heavy (non-hydrogen) atoms. The SMILES string of the molecule is CC(C)CC(NC(=O)c1ccc(N2CCN(C(=O)c3ccccc3C(F)(F)F)CC2)nn1)C(=O)O.O.[H-].[Li+]. The van der Waals surface area contributed by atoms with Gasteiger partial charge in [-0.05, 0) is 36.6 Å². The number of hydrogen-bond acceptors (Lipinski definition) is 6. The summed E-state index contributed by atoms with van der Waals surface area (Å²) < 4.78 is 39.8. The van der Waals surface area contributed by atoms with E-state index in [2.05, 4.69) is 15.5 Å². The number of anilines is 1. The van der Waals surface area contributed by atoms with Crippen molar-refractivity contribution in [2.75, 3.05) is 31.1 Å². The number of carboxylic acids is 1. The van der Waals surface area contributed by atoms with Crippen molar-refractivity contribution in [3.8, 4) is 0 Å². The van der Waals surface area contributed by atoms with Crippen LogP contribution in [0.15, 0.2) is 36.4 Å².